The molecule has 0 bridgehead atoms. The van der Waals surface area contributed by atoms with Crippen LogP contribution in [-0.4, -0.2) is 36.5 Å². The van der Waals surface area contributed by atoms with Crippen molar-refractivity contribution in [3.63, 3.8) is 0 Å². The van der Waals surface area contributed by atoms with Crippen molar-refractivity contribution in [2.75, 3.05) is 20.1 Å². The molecule has 1 saturated heterocycles. The molecular weight excluding hydrogens is 200 g/mol. The summed E-state index contributed by atoms with van der Waals surface area (Å²) in [5.74, 6) is 1.22. The second-order valence-corrected chi connectivity index (χ2v) is 5.42. The number of carbonyl (C=O) groups excluding carboxylic acids is 1. The molecule has 1 heterocycles. The molecule has 92 valence electrons. The summed E-state index contributed by atoms with van der Waals surface area (Å²) in [6, 6.07) is 0. The average molecular weight is 224 g/mol. The van der Waals surface area contributed by atoms with Crippen molar-refractivity contribution in [1.82, 2.24) is 10.2 Å². The Balaban J connectivity index is 1.87. The van der Waals surface area contributed by atoms with Gasteiger partial charge in [-0.3, -0.25) is 4.79 Å². The minimum absolute atomic E-state index is 0.238. The van der Waals surface area contributed by atoms with Gasteiger partial charge in [0, 0.05) is 13.6 Å². The standard InChI is InChI=1S/C13H24N2O/c1-3-13(8-4-9-14-13)12(16)15(2)10-7-11-5-6-11/h11,14H,3-10H2,1-2H3. The molecule has 1 atom stereocenters. The van der Waals surface area contributed by atoms with Gasteiger partial charge in [-0.25, -0.2) is 0 Å². The van der Waals surface area contributed by atoms with E-state index in [1.54, 1.807) is 0 Å². The molecule has 0 spiro atoms. The highest BCUT2D eigenvalue weighted by atomic mass is 16.2. The molecule has 0 aromatic rings. The van der Waals surface area contributed by atoms with E-state index in [1.165, 1.54) is 19.3 Å². The summed E-state index contributed by atoms with van der Waals surface area (Å²) >= 11 is 0. The molecule has 3 nitrogen and oxygen atoms in total. The van der Waals surface area contributed by atoms with Crippen LogP contribution in [0.3, 0.4) is 0 Å². The van der Waals surface area contributed by atoms with Crippen LogP contribution in [0, 0.1) is 5.92 Å². The van der Waals surface area contributed by atoms with Crippen LogP contribution in [0.25, 0.3) is 0 Å². The van der Waals surface area contributed by atoms with E-state index in [0.717, 1.165) is 38.3 Å². The predicted octanol–water partition coefficient (Wildman–Crippen LogP) is 1.78. The van der Waals surface area contributed by atoms with E-state index >= 15 is 0 Å². The largest absolute Gasteiger partial charge is 0.344 e. The molecule has 1 aliphatic carbocycles. The summed E-state index contributed by atoms with van der Waals surface area (Å²) < 4.78 is 0. The van der Waals surface area contributed by atoms with Crippen LogP contribution in [0.1, 0.15) is 45.4 Å². The smallest absolute Gasteiger partial charge is 0.242 e. The number of rotatable bonds is 5. The van der Waals surface area contributed by atoms with E-state index in [-0.39, 0.29) is 5.54 Å². The number of hydrogen-bond acceptors (Lipinski definition) is 2. The third kappa shape index (κ3) is 2.40. The summed E-state index contributed by atoms with van der Waals surface area (Å²) in [7, 11) is 1.96. The van der Waals surface area contributed by atoms with Gasteiger partial charge in [0.25, 0.3) is 0 Å². The van der Waals surface area contributed by atoms with E-state index in [2.05, 4.69) is 12.2 Å². The van der Waals surface area contributed by atoms with E-state index in [9.17, 15) is 4.79 Å². The van der Waals surface area contributed by atoms with Crippen molar-refractivity contribution < 1.29 is 4.79 Å². The Labute approximate surface area is 98.6 Å². The van der Waals surface area contributed by atoms with Gasteiger partial charge in [0.1, 0.15) is 0 Å². The average Bonchev–Trinajstić information content (AvgIpc) is 3.01. The molecule has 1 amide bonds. The van der Waals surface area contributed by atoms with E-state index in [0.29, 0.717) is 5.91 Å². The highest BCUT2D eigenvalue weighted by molar-refractivity contribution is 5.86. The molecule has 1 saturated carbocycles. The van der Waals surface area contributed by atoms with Gasteiger partial charge in [-0.15, -0.1) is 0 Å². The molecule has 1 unspecified atom stereocenters. The van der Waals surface area contributed by atoms with Crippen LogP contribution in [-0.2, 0) is 4.79 Å². The Bertz CT molecular complexity index is 255. The highest BCUT2D eigenvalue weighted by Crippen LogP contribution is 2.33. The van der Waals surface area contributed by atoms with Crippen LogP contribution in [0.5, 0.6) is 0 Å². The summed E-state index contributed by atoms with van der Waals surface area (Å²) in [5, 5.41) is 3.41. The van der Waals surface area contributed by atoms with Crippen molar-refractivity contribution in [3.8, 4) is 0 Å². The Kier molecular flexibility index (Phi) is 3.53. The van der Waals surface area contributed by atoms with Gasteiger partial charge < -0.3 is 10.2 Å². The van der Waals surface area contributed by atoms with Crippen LogP contribution in [0.2, 0.25) is 0 Å². The maximum absolute atomic E-state index is 12.4. The maximum atomic E-state index is 12.4. The zero-order chi connectivity index (χ0) is 11.6. The number of nitrogens with zero attached hydrogens (tertiary/aromatic N) is 1. The molecule has 3 heteroatoms. The van der Waals surface area contributed by atoms with Crippen LogP contribution in [0.4, 0.5) is 0 Å². The second-order valence-electron chi connectivity index (χ2n) is 5.42. The van der Waals surface area contributed by atoms with Crippen molar-refractivity contribution >= 4 is 5.91 Å². The molecule has 2 rings (SSSR count). The lowest BCUT2D eigenvalue weighted by molar-refractivity contribution is -0.136. The summed E-state index contributed by atoms with van der Waals surface area (Å²) in [4.78, 5) is 14.3. The minimum Gasteiger partial charge on any atom is -0.344 e. The number of likely N-dealkylation sites (N-methyl/N-ethyl adjacent to an activating group) is 1. The van der Waals surface area contributed by atoms with Gasteiger partial charge in [-0.05, 0) is 38.1 Å². The van der Waals surface area contributed by atoms with Crippen molar-refractivity contribution in [3.05, 3.63) is 0 Å². The number of nitrogens with one attached hydrogen (secondary N) is 1. The molecule has 1 N–H and O–H groups in total. The van der Waals surface area contributed by atoms with Gasteiger partial charge in [-0.2, -0.15) is 0 Å². The Morgan fingerprint density at radius 3 is 2.75 bits per heavy atom. The lowest BCUT2D eigenvalue weighted by Crippen LogP contribution is -2.53. The van der Waals surface area contributed by atoms with Gasteiger partial charge in [0.15, 0.2) is 0 Å². The predicted molar refractivity (Wildman–Crippen MR) is 65.2 cm³/mol. The second kappa shape index (κ2) is 4.74. The van der Waals surface area contributed by atoms with Gasteiger partial charge in [0.05, 0.1) is 5.54 Å². The first-order valence-corrected chi connectivity index (χ1v) is 6.68. The summed E-state index contributed by atoms with van der Waals surface area (Å²) in [6.07, 6.45) is 7.01. The first kappa shape index (κ1) is 11.9. The number of carbonyl (C=O) groups is 1. The first-order valence-electron chi connectivity index (χ1n) is 6.68. The van der Waals surface area contributed by atoms with Crippen LogP contribution in [0.15, 0.2) is 0 Å². The lowest BCUT2D eigenvalue weighted by Gasteiger charge is -2.31. The third-order valence-electron chi connectivity index (χ3n) is 4.17. The zero-order valence-corrected chi connectivity index (χ0v) is 10.6. The minimum atomic E-state index is -0.238. The summed E-state index contributed by atoms with van der Waals surface area (Å²) in [6.45, 7) is 4.05. The lowest BCUT2D eigenvalue weighted by atomic mass is 9.92. The molecule has 0 aromatic heterocycles. The quantitative estimate of drug-likeness (QED) is 0.772. The van der Waals surface area contributed by atoms with Crippen LogP contribution < -0.4 is 5.32 Å². The van der Waals surface area contributed by atoms with E-state index in [1.807, 2.05) is 11.9 Å². The molecule has 1 aliphatic heterocycles. The van der Waals surface area contributed by atoms with E-state index in [4.69, 9.17) is 0 Å². The Hall–Kier alpha value is -0.570. The topological polar surface area (TPSA) is 32.3 Å². The molecule has 0 radical (unpaired) electrons. The number of amides is 1. The SMILES string of the molecule is CCC1(C(=O)N(C)CCC2CC2)CCCN1. The molecule has 2 aliphatic rings. The molecule has 16 heavy (non-hydrogen) atoms. The highest BCUT2D eigenvalue weighted by Gasteiger charge is 2.40. The molecule has 2 fully saturated rings. The van der Waals surface area contributed by atoms with Crippen LogP contribution >= 0.6 is 0 Å². The van der Waals surface area contributed by atoms with Gasteiger partial charge in [0.2, 0.25) is 5.91 Å². The fraction of sp³-hybridized carbons (Fsp3) is 0.923. The fourth-order valence-electron chi connectivity index (χ4n) is 2.69. The normalized spacial score (nSPS) is 29.4. The van der Waals surface area contributed by atoms with Crippen molar-refractivity contribution in [2.24, 2.45) is 5.92 Å². The third-order valence-corrected chi connectivity index (χ3v) is 4.17. The molecular formula is C13H24N2O. The van der Waals surface area contributed by atoms with Crippen molar-refractivity contribution in [2.45, 2.75) is 51.0 Å². The fourth-order valence-corrected chi connectivity index (χ4v) is 2.69. The Morgan fingerprint density at radius 2 is 2.25 bits per heavy atom. The maximum Gasteiger partial charge on any atom is 0.242 e. The zero-order valence-electron chi connectivity index (χ0n) is 10.6. The monoisotopic (exact) mass is 224 g/mol. The Morgan fingerprint density at radius 1 is 1.50 bits per heavy atom. The van der Waals surface area contributed by atoms with Gasteiger partial charge in [-0.1, -0.05) is 19.8 Å². The van der Waals surface area contributed by atoms with Gasteiger partial charge >= 0.3 is 0 Å². The first-order chi connectivity index (χ1) is 7.68. The molecule has 0 aromatic carbocycles. The van der Waals surface area contributed by atoms with Crippen molar-refractivity contribution in [1.29, 1.82) is 0 Å². The number of hydrogen-bond donors (Lipinski definition) is 1. The van der Waals surface area contributed by atoms with E-state index < -0.39 is 0 Å². The summed E-state index contributed by atoms with van der Waals surface area (Å²) in [5.41, 5.74) is -0.238.